The Morgan fingerprint density at radius 2 is 1.58 bits per heavy atom. The van der Waals surface area contributed by atoms with Gasteiger partial charge in [0.25, 0.3) is 0 Å². The molecule has 0 aliphatic carbocycles. The predicted molar refractivity (Wildman–Crippen MR) is 179 cm³/mol. The molecule has 4 aliphatic heterocycles. The molecule has 8 rings (SSSR count). The highest BCUT2D eigenvalue weighted by Gasteiger charge is 2.40. The highest BCUT2D eigenvalue weighted by Crippen LogP contribution is 2.47. The number of methoxy groups -OCH3 is 3. The molecular weight excluding hydrogens is 608 g/mol. The summed E-state index contributed by atoms with van der Waals surface area (Å²) >= 11 is 0. The summed E-state index contributed by atoms with van der Waals surface area (Å²) in [5, 5.41) is 12.1. The summed E-state index contributed by atoms with van der Waals surface area (Å²) in [5.74, 6) is 3.58. The van der Waals surface area contributed by atoms with Gasteiger partial charge in [-0.1, -0.05) is 18.2 Å². The van der Waals surface area contributed by atoms with E-state index in [9.17, 15) is 9.90 Å². The fourth-order valence-electron chi connectivity index (χ4n) is 7.75. The topological polar surface area (TPSA) is 89.5 Å². The number of carboxylic acids is 1. The number of nitrogens with zero attached hydrogens (tertiary/aromatic N) is 2. The van der Waals surface area contributed by atoms with Crippen LogP contribution in [0.15, 0.2) is 66.7 Å². The van der Waals surface area contributed by atoms with Crippen LogP contribution < -0.4 is 28.8 Å². The van der Waals surface area contributed by atoms with E-state index in [4.69, 9.17) is 23.7 Å². The zero-order chi connectivity index (χ0) is 33.6. The number of ether oxygens (including phenoxy) is 5. The molecule has 0 aromatic heterocycles. The first-order chi connectivity index (χ1) is 23.2. The van der Waals surface area contributed by atoms with Crippen LogP contribution in [0.4, 0.5) is 0 Å². The standard InChI is InChI=1S/C39H42N2O7/c1-40-14-12-27-19-29(44-3)21-37-39(27)31(40)16-25-8-11-33(45-4)35(18-25)47-28-9-6-24(7-10-28)17-32-30-22-36(48-37)34(46-5)20-26(30)13-15-41(32,2)23-38(42)43/h6-11,18-22,31-32H,12-17,23H2,1-5H3. The predicted octanol–water partition coefficient (Wildman–Crippen LogP) is 5.42. The lowest BCUT2D eigenvalue weighted by Crippen LogP contribution is -2.56. The van der Waals surface area contributed by atoms with Crippen LogP contribution in [-0.2, 0) is 30.5 Å². The molecule has 9 nitrogen and oxygen atoms in total. The van der Waals surface area contributed by atoms with Gasteiger partial charge in [0.05, 0.1) is 40.9 Å². The number of quaternary nitrogens is 1. The van der Waals surface area contributed by atoms with Crippen molar-refractivity contribution in [3.8, 4) is 40.2 Å². The second kappa shape index (κ2) is 12.7. The second-order valence-electron chi connectivity index (χ2n) is 13.4. The summed E-state index contributed by atoms with van der Waals surface area (Å²) < 4.78 is 31.1. The van der Waals surface area contributed by atoms with Crippen LogP contribution in [-0.4, -0.2) is 70.4 Å². The molecule has 250 valence electrons. The van der Waals surface area contributed by atoms with Gasteiger partial charge < -0.3 is 38.1 Å². The Hall–Kier alpha value is -4.73. The van der Waals surface area contributed by atoms with Crippen molar-refractivity contribution in [3.63, 3.8) is 0 Å². The first kappa shape index (κ1) is 31.8. The molecule has 6 bridgehead atoms. The van der Waals surface area contributed by atoms with Crippen molar-refractivity contribution in [2.45, 2.75) is 37.8 Å². The molecule has 4 aromatic rings. The van der Waals surface area contributed by atoms with Gasteiger partial charge in [-0.05, 0) is 84.6 Å². The molecule has 0 amide bonds. The molecule has 3 atom stereocenters. The summed E-state index contributed by atoms with van der Waals surface area (Å²) in [6.07, 6.45) is 2.89. The van der Waals surface area contributed by atoms with E-state index in [1.54, 1.807) is 21.3 Å². The quantitative estimate of drug-likeness (QED) is 0.265. The minimum Gasteiger partial charge on any atom is -0.544 e. The van der Waals surface area contributed by atoms with E-state index in [0.717, 1.165) is 46.5 Å². The van der Waals surface area contributed by atoms with Gasteiger partial charge in [0.15, 0.2) is 23.0 Å². The number of benzene rings is 4. The number of hydrogen-bond acceptors (Lipinski definition) is 8. The maximum Gasteiger partial charge on any atom is 0.169 e. The fraction of sp³-hybridized carbons (Fsp3) is 0.359. The van der Waals surface area contributed by atoms with Crippen LogP contribution in [0.25, 0.3) is 0 Å². The van der Waals surface area contributed by atoms with E-state index >= 15 is 0 Å². The van der Waals surface area contributed by atoms with Crippen molar-refractivity contribution < 1.29 is 38.1 Å². The first-order valence-corrected chi connectivity index (χ1v) is 16.5. The average Bonchev–Trinajstić information content (AvgIpc) is 3.07. The SMILES string of the molecule is COc1cc2c3c(c1)Oc1cc4c(cc1OC)CC[N+](C)(CC(=O)[O-])C4Cc1ccc(cc1)Oc1cc(ccc1OC)CC3N(C)CC2. The van der Waals surface area contributed by atoms with Crippen molar-refractivity contribution >= 4 is 5.97 Å². The maximum atomic E-state index is 12.1. The van der Waals surface area contributed by atoms with Gasteiger partial charge in [-0.2, -0.15) is 0 Å². The Balaban J connectivity index is 1.45. The van der Waals surface area contributed by atoms with Crippen molar-refractivity contribution in [2.75, 3.05) is 55.1 Å². The smallest absolute Gasteiger partial charge is 0.169 e. The molecule has 4 heterocycles. The molecule has 0 radical (unpaired) electrons. The summed E-state index contributed by atoms with van der Waals surface area (Å²) in [4.78, 5) is 14.5. The number of fused-ring (bicyclic) bond motifs is 2. The first-order valence-electron chi connectivity index (χ1n) is 16.5. The van der Waals surface area contributed by atoms with Gasteiger partial charge in [-0.25, -0.2) is 0 Å². The highest BCUT2D eigenvalue weighted by molar-refractivity contribution is 5.65. The molecule has 0 spiro atoms. The third kappa shape index (κ3) is 5.93. The number of carbonyl (C=O) groups excluding carboxylic acids is 1. The zero-order valence-electron chi connectivity index (χ0n) is 28.2. The number of carboxylic acid groups (broad SMARTS) is 1. The minimum absolute atomic E-state index is 0.00784. The largest absolute Gasteiger partial charge is 0.544 e. The van der Waals surface area contributed by atoms with Crippen molar-refractivity contribution in [2.24, 2.45) is 0 Å². The third-order valence-corrected chi connectivity index (χ3v) is 10.4. The van der Waals surface area contributed by atoms with Crippen molar-refractivity contribution in [3.05, 3.63) is 100 Å². The lowest BCUT2D eigenvalue weighted by atomic mass is 9.86. The Morgan fingerprint density at radius 3 is 2.31 bits per heavy atom. The normalized spacial score (nSPS) is 21.5. The summed E-state index contributed by atoms with van der Waals surface area (Å²) in [6, 6.07) is 22.2. The van der Waals surface area contributed by atoms with E-state index in [2.05, 4.69) is 42.3 Å². The molecule has 9 heteroatoms. The van der Waals surface area contributed by atoms with E-state index < -0.39 is 5.97 Å². The lowest BCUT2D eigenvalue weighted by Gasteiger charge is -2.46. The van der Waals surface area contributed by atoms with Crippen molar-refractivity contribution in [1.29, 1.82) is 0 Å². The molecule has 0 saturated heterocycles. The number of rotatable bonds is 5. The molecule has 48 heavy (non-hydrogen) atoms. The Bertz CT molecular complexity index is 1860. The van der Waals surface area contributed by atoms with E-state index in [0.29, 0.717) is 64.8 Å². The monoisotopic (exact) mass is 650 g/mol. The number of carbonyl (C=O) groups is 1. The minimum atomic E-state index is -1.07. The molecule has 0 fully saturated rings. The third-order valence-electron chi connectivity index (χ3n) is 10.4. The van der Waals surface area contributed by atoms with Crippen LogP contribution >= 0.6 is 0 Å². The van der Waals surface area contributed by atoms with Gasteiger partial charge in [0.1, 0.15) is 29.8 Å². The highest BCUT2D eigenvalue weighted by atomic mass is 16.5. The summed E-state index contributed by atoms with van der Waals surface area (Å²) in [6.45, 7) is 1.44. The van der Waals surface area contributed by atoms with Crippen LogP contribution in [0.5, 0.6) is 40.2 Å². The summed E-state index contributed by atoms with van der Waals surface area (Å²) in [7, 11) is 9.14. The molecule has 0 saturated carbocycles. The van der Waals surface area contributed by atoms with Crippen LogP contribution in [0.2, 0.25) is 0 Å². The van der Waals surface area contributed by atoms with Gasteiger partial charge in [-0.3, -0.25) is 4.90 Å². The van der Waals surface area contributed by atoms with Gasteiger partial charge in [0, 0.05) is 42.6 Å². The second-order valence-corrected chi connectivity index (χ2v) is 13.4. The van der Waals surface area contributed by atoms with E-state index in [1.165, 1.54) is 5.56 Å². The average molecular weight is 651 g/mol. The van der Waals surface area contributed by atoms with Crippen LogP contribution in [0.3, 0.4) is 0 Å². The van der Waals surface area contributed by atoms with Gasteiger partial charge in [0.2, 0.25) is 0 Å². The van der Waals surface area contributed by atoms with Crippen LogP contribution in [0, 0.1) is 0 Å². The maximum absolute atomic E-state index is 12.1. The number of aliphatic carboxylic acids is 1. The Labute approximate surface area is 281 Å². The van der Waals surface area contributed by atoms with E-state index in [1.807, 2.05) is 43.4 Å². The molecule has 0 N–H and O–H groups in total. The zero-order valence-corrected chi connectivity index (χ0v) is 28.2. The van der Waals surface area contributed by atoms with Gasteiger partial charge >= 0.3 is 0 Å². The Morgan fingerprint density at radius 1 is 0.833 bits per heavy atom. The molecule has 4 aromatic carbocycles. The number of likely N-dealkylation sites (N-methyl/N-ethyl adjacent to an activating group) is 2. The molecular formula is C39H42N2O7. The molecule has 3 unspecified atom stereocenters. The molecule has 4 aliphatic rings. The number of hydrogen-bond donors (Lipinski definition) is 0. The van der Waals surface area contributed by atoms with Crippen molar-refractivity contribution in [1.82, 2.24) is 4.90 Å². The van der Waals surface area contributed by atoms with Crippen LogP contribution in [0.1, 0.15) is 45.5 Å². The Kier molecular flexibility index (Phi) is 8.43. The lowest BCUT2D eigenvalue weighted by molar-refractivity contribution is -0.936. The summed E-state index contributed by atoms with van der Waals surface area (Å²) in [5.41, 5.74) is 6.63. The van der Waals surface area contributed by atoms with Gasteiger partial charge in [-0.15, -0.1) is 0 Å². The van der Waals surface area contributed by atoms with E-state index in [-0.39, 0.29) is 18.6 Å². The fourth-order valence-corrected chi connectivity index (χ4v) is 7.75.